The largest absolute Gasteiger partial charge is 0.279 e. The first-order valence-electron chi connectivity index (χ1n) is 7.30. The van der Waals surface area contributed by atoms with Crippen LogP contribution in [-0.4, -0.2) is 18.7 Å². The van der Waals surface area contributed by atoms with E-state index in [-0.39, 0.29) is 0 Å². The van der Waals surface area contributed by atoms with Crippen molar-refractivity contribution in [2.24, 2.45) is 0 Å². The zero-order valence-corrected chi connectivity index (χ0v) is 15.7. The Balaban J connectivity index is 1.91. The fraction of sp³-hybridized carbons (Fsp3) is 0.188. The molecule has 1 heterocycles. The Hall–Kier alpha value is -1.71. The zero-order valence-electron chi connectivity index (χ0n) is 13.3. The van der Waals surface area contributed by atoms with Gasteiger partial charge in [-0.15, -0.1) is 11.3 Å². The van der Waals surface area contributed by atoms with E-state index < -0.39 is 26.6 Å². The molecule has 1 aromatic heterocycles. The van der Waals surface area contributed by atoms with Crippen molar-refractivity contribution in [3.63, 3.8) is 0 Å². The summed E-state index contributed by atoms with van der Waals surface area (Å²) in [6.45, 7) is 4.13. The van der Waals surface area contributed by atoms with Crippen LogP contribution in [0, 0.1) is 11.6 Å². The molecule has 0 saturated carbocycles. The lowest BCUT2D eigenvalue weighted by atomic mass is 10.3. The number of halogens is 2. The summed E-state index contributed by atoms with van der Waals surface area (Å²) in [5.41, 5.74) is 1.06. The molecule has 3 rings (SSSR count). The summed E-state index contributed by atoms with van der Waals surface area (Å²) in [5, 5.41) is 0.389. The summed E-state index contributed by atoms with van der Waals surface area (Å²) < 4.78 is 55.4. The molecule has 0 aliphatic rings. The molecule has 132 valence electrons. The summed E-state index contributed by atoms with van der Waals surface area (Å²) in [6.07, 6.45) is 0. The van der Waals surface area contributed by atoms with Gasteiger partial charge in [-0.1, -0.05) is 25.6 Å². The molecule has 0 radical (unpaired) electrons. The Bertz CT molecular complexity index is 1030. The molecule has 3 aromatic rings. The van der Waals surface area contributed by atoms with Gasteiger partial charge in [-0.25, -0.2) is 22.2 Å². The normalized spacial score (nSPS) is 12.0. The van der Waals surface area contributed by atoms with E-state index >= 15 is 0 Å². The molecular weight excluding hydrogens is 386 g/mol. The van der Waals surface area contributed by atoms with Gasteiger partial charge in [0.2, 0.25) is 0 Å². The third-order valence-electron chi connectivity index (χ3n) is 3.14. The molecule has 0 aliphatic carbocycles. The number of thioether (sulfide) groups is 1. The number of hydrogen-bond acceptors (Lipinski definition) is 5. The minimum Gasteiger partial charge on any atom is -0.279 e. The Morgan fingerprint density at radius 2 is 1.92 bits per heavy atom. The molecule has 0 atom stereocenters. The van der Waals surface area contributed by atoms with Crippen molar-refractivity contribution < 1.29 is 17.2 Å². The number of nitrogens with zero attached hydrogens (tertiary/aromatic N) is 1. The number of thiazole rings is 1. The number of fused-ring (bicyclic) bond motifs is 1. The van der Waals surface area contributed by atoms with Gasteiger partial charge in [0.05, 0.1) is 15.9 Å². The minimum absolute atomic E-state index is 0.293. The Morgan fingerprint density at radius 3 is 2.60 bits per heavy atom. The van der Waals surface area contributed by atoms with Crippen LogP contribution in [0.5, 0.6) is 0 Å². The van der Waals surface area contributed by atoms with Gasteiger partial charge >= 0.3 is 0 Å². The Morgan fingerprint density at radius 1 is 1.16 bits per heavy atom. The molecular formula is C16H14F2N2O2S3. The van der Waals surface area contributed by atoms with Crippen LogP contribution < -0.4 is 4.72 Å². The highest BCUT2D eigenvalue weighted by Gasteiger charge is 2.20. The molecule has 2 aromatic carbocycles. The molecule has 4 nitrogen and oxygen atoms in total. The average Bonchev–Trinajstić information content (AvgIpc) is 2.86. The summed E-state index contributed by atoms with van der Waals surface area (Å²) >= 11 is 3.09. The van der Waals surface area contributed by atoms with Crippen LogP contribution >= 0.6 is 23.1 Å². The SMILES string of the molecule is CC(C)Sc1nc2ccc(NS(=O)(=O)c3ccc(F)cc3F)cc2s1. The van der Waals surface area contributed by atoms with Gasteiger partial charge in [-0.2, -0.15) is 0 Å². The highest BCUT2D eigenvalue weighted by Crippen LogP contribution is 2.33. The number of aromatic nitrogens is 1. The lowest BCUT2D eigenvalue weighted by molar-refractivity contribution is 0.551. The van der Waals surface area contributed by atoms with Crippen LogP contribution in [0.3, 0.4) is 0 Å². The van der Waals surface area contributed by atoms with Gasteiger partial charge in [-0.05, 0) is 30.3 Å². The van der Waals surface area contributed by atoms with Gasteiger partial charge in [0.1, 0.15) is 16.5 Å². The van der Waals surface area contributed by atoms with E-state index in [9.17, 15) is 17.2 Å². The molecule has 0 saturated heterocycles. The predicted molar refractivity (Wildman–Crippen MR) is 97.8 cm³/mol. The van der Waals surface area contributed by atoms with Crippen LogP contribution in [-0.2, 0) is 10.0 Å². The number of nitrogens with one attached hydrogen (secondary N) is 1. The molecule has 25 heavy (non-hydrogen) atoms. The van der Waals surface area contributed by atoms with Crippen LogP contribution in [0.4, 0.5) is 14.5 Å². The van der Waals surface area contributed by atoms with E-state index in [2.05, 4.69) is 23.6 Å². The number of rotatable bonds is 5. The monoisotopic (exact) mass is 400 g/mol. The molecule has 0 spiro atoms. The van der Waals surface area contributed by atoms with Crippen LogP contribution in [0.2, 0.25) is 0 Å². The van der Waals surface area contributed by atoms with Crippen molar-refractivity contribution in [2.45, 2.75) is 28.3 Å². The van der Waals surface area contributed by atoms with Crippen molar-refractivity contribution in [3.05, 3.63) is 48.0 Å². The molecule has 9 heteroatoms. The van der Waals surface area contributed by atoms with E-state index in [0.29, 0.717) is 17.0 Å². The number of benzene rings is 2. The van der Waals surface area contributed by atoms with Crippen LogP contribution in [0.15, 0.2) is 45.6 Å². The second-order valence-corrected chi connectivity index (χ2v) is 10.0. The summed E-state index contributed by atoms with van der Waals surface area (Å²) in [6, 6.07) is 7.25. The maximum atomic E-state index is 13.8. The summed E-state index contributed by atoms with van der Waals surface area (Å²) in [5.74, 6) is -1.97. The maximum Gasteiger partial charge on any atom is 0.264 e. The molecule has 1 N–H and O–H groups in total. The van der Waals surface area contributed by atoms with Crippen LogP contribution in [0.1, 0.15) is 13.8 Å². The quantitative estimate of drug-likeness (QED) is 0.621. The highest BCUT2D eigenvalue weighted by molar-refractivity contribution is 8.01. The summed E-state index contributed by atoms with van der Waals surface area (Å²) in [4.78, 5) is 3.87. The van der Waals surface area contributed by atoms with E-state index in [4.69, 9.17) is 0 Å². The fourth-order valence-corrected chi connectivity index (χ4v) is 5.56. The second kappa shape index (κ2) is 6.89. The van der Waals surface area contributed by atoms with E-state index in [1.165, 1.54) is 11.3 Å². The van der Waals surface area contributed by atoms with Crippen molar-refractivity contribution >= 4 is 49.0 Å². The van der Waals surface area contributed by atoms with Crippen molar-refractivity contribution in [1.29, 1.82) is 0 Å². The first kappa shape index (κ1) is 18.1. The van der Waals surface area contributed by atoms with E-state index in [0.717, 1.165) is 26.7 Å². The molecule has 0 bridgehead atoms. The summed E-state index contributed by atoms with van der Waals surface area (Å²) in [7, 11) is -4.15. The Kier molecular flexibility index (Phi) is 4.99. The lowest BCUT2D eigenvalue weighted by Crippen LogP contribution is -2.14. The topological polar surface area (TPSA) is 59.1 Å². The maximum absolute atomic E-state index is 13.8. The minimum atomic E-state index is -4.15. The van der Waals surface area contributed by atoms with Gasteiger partial charge < -0.3 is 0 Å². The fourth-order valence-electron chi connectivity index (χ4n) is 2.12. The van der Waals surface area contributed by atoms with Crippen molar-refractivity contribution in [1.82, 2.24) is 4.98 Å². The lowest BCUT2D eigenvalue weighted by Gasteiger charge is -2.08. The molecule has 0 amide bonds. The van der Waals surface area contributed by atoms with Gasteiger partial charge in [0.25, 0.3) is 10.0 Å². The number of hydrogen-bond donors (Lipinski definition) is 1. The predicted octanol–water partition coefficient (Wildman–Crippen LogP) is 4.88. The number of anilines is 1. The van der Waals surface area contributed by atoms with Crippen molar-refractivity contribution in [3.8, 4) is 0 Å². The first-order chi connectivity index (χ1) is 11.7. The van der Waals surface area contributed by atoms with Gasteiger partial charge in [0.15, 0.2) is 4.34 Å². The van der Waals surface area contributed by atoms with E-state index in [1.54, 1.807) is 30.0 Å². The zero-order chi connectivity index (χ0) is 18.2. The van der Waals surface area contributed by atoms with E-state index in [1.807, 2.05) is 0 Å². The molecule has 0 fully saturated rings. The first-order valence-corrected chi connectivity index (χ1v) is 10.5. The van der Waals surface area contributed by atoms with Gasteiger partial charge in [-0.3, -0.25) is 4.72 Å². The highest BCUT2D eigenvalue weighted by atomic mass is 32.2. The van der Waals surface area contributed by atoms with Crippen molar-refractivity contribution in [2.75, 3.05) is 4.72 Å². The molecule has 0 aliphatic heterocycles. The number of sulfonamides is 1. The Labute approximate surface area is 152 Å². The standard InChI is InChI=1S/C16H14F2N2O2S3/c1-9(2)23-16-19-13-5-4-11(8-14(13)24-16)20-25(21,22)15-6-3-10(17)7-12(15)18/h3-9,20H,1-2H3. The average molecular weight is 400 g/mol. The second-order valence-electron chi connectivity index (χ2n) is 5.51. The third kappa shape index (κ3) is 4.10. The molecule has 0 unspecified atom stereocenters. The van der Waals surface area contributed by atoms with Gasteiger partial charge in [0, 0.05) is 11.3 Å². The third-order valence-corrected chi connectivity index (χ3v) is 6.67. The van der Waals surface area contributed by atoms with Crippen LogP contribution in [0.25, 0.3) is 10.2 Å². The smallest absolute Gasteiger partial charge is 0.264 e.